The van der Waals surface area contributed by atoms with E-state index in [9.17, 15) is 0 Å². The molecule has 0 radical (unpaired) electrons. The number of fused-ring (bicyclic) bond motifs is 1. The Labute approximate surface area is 242 Å². The van der Waals surface area contributed by atoms with E-state index in [1.807, 2.05) is 72.9 Å². The van der Waals surface area contributed by atoms with Crippen molar-refractivity contribution in [1.82, 2.24) is 15.0 Å². The molecule has 6 heteroatoms. The van der Waals surface area contributed by atoms with Crippen LogP contribution in [0.1, 0.15) is 5.56 Å². The van der Waals surface area contributed by atoms with Crippen LogP contribution in [0.2, 0.25) is 0 Å². The van der Waals surface area contributed by atoms with E-state index in [2.05, 4.69) is 63.4 Å². The predicted octanol–water partition coefficient (Wildman–Crippen LogP) is 8.96. The Morgan fingerprint density at radius 1 is 0.595 bits per heavy atom. The van der Waals surface area contributed by atoms with E-state index in [1.165, 1.54) is 0 Å². The van der Waals surface area contributed by atoms with Crippen LogP contribution in [0.5, 0.6) is 0 Å². The number of rotatable bonds is 6. The molecule has 0 amide bonds. The number of pyridine rings is 2. The Balaban J connectivity index is 1.25. The Hall–Kier alpha value is -6.06. The molecule has 0 unspecified atom stereocenters. The Kier molecular flexibility index (Phi) is 6.44. The molecule has 0 aliphatic rings. The highest BCUT2D eigenvalue weighted by Crippen LogP contribution is 2.37. The normalized spacial score (nSPS) is 10.8. The van der Waals surface area contributed by atoms with Crippen LogP contribution in [0.15, 0.2) is 144 Å². The number of hydrogen-bond donors (Lipinski definition) is 0. The van der Waals surface area contributed by atoms with Gasteiger partial charge in [-0.15, -0.1) is 0 Å². The molecule has 0 aliphatic carbocycles. The molecule has 198 valence electrons. The molecule has 7 rings (SSSR count). The standard InChI is InChI=1S/C36H23N5O/c37-23-25-5-7-28(8-6-25)33-18-17-32(24-39-33)41(30-13-9-26(10-14-30)27-19-21-38-22-20-27)31-15-11-29(12-16-31)36-40-34-3-1-2-4-35(34)42-36/h1-22,24H. The van der Waals surface area contributed by atoms with Gasteiger partial charge in [-0.1, -0.05) is 36.4 Å². The monoisotopic (exact) mass is 541 g/mol. The van der Waals surface area contributed by atoms with Crippen LogP contribution < -0.4 is 4.90 Å². The molecule has 0 saturated heterocycles. The van der Waals surface area contributed by atoms with E-state index < -0.39 is 0 Å². The van der Waals surface area contributed by atoms with Crippen molar-refractivity contribution in [2.45, 2.75) is 0 Å². The molecule has 42 heavy (non-hydrogen) atoms. The maximum atomic E-state index is 9.13. The lowest BCUT2D eigenvalue weighted by Gasteiger charge is -2.25. The van der Waals surface area contributed by atoms with Gasteiger partial charge in [-0.05, 0) is 96.1 Å². The van der Waals surface area contributed by atoms with Gasteiger partial charge in [0.05, 0.1) is 29.2 Å². The first kappa shape index (κ1) is 24.9. The summed E-state index contributed by atoms with van der Waals surface area (Å²) in [7, 11) is 0. The highest BCUT2D eigenvalue weighted by Gasteiger charge is 2.15. The minimum Gasteiger partial charge on any atom is -0.436 e. The van der Waals surface area contributed by atoms with Gasteiger partial charge in [0.2, 0.25) is 5.89 Å². The summed E-state index contributed by atoms with van der Waals surface area (Å²) in [4.78, 5) is 15.7. The second-order valence-electron chi connectivity index (χ2n) is 9.74. The first-order chi connectivity index (χ1) is 20.7. The zero-order chi connectivity index (χ0) is 28.3. The van der Waals surface area contributed by atoms with Crippen molar-refractivity contribution >= 4 is 28.2 Å². The molecule has 0 spiro atoms. The lowest BCUT2D eigenvalue weighted by atomic mass is 10.1. The average molecular weight is 542 g/mol. The molecule has 7 aromatic rings. The third kappa shape index (κ3) is 4.87. The van der Waals surface area contributed by atoms with E-state index in [4.69, 9.17) is 14.7 Å². The third-order valence-electron chi connectivity index (χ3n) is 7.12. The van der Waals surface area contributed by atoms with Crippen LogP contribution in [0, 0.1) is 11.3 Å². The summed E-state index contributed by atoms with van der Waals surface area (Å²) >= 11 is 0. The third-order valence-corrected chi connectivity index (χ3v) is 7.12. The second-order valence-corrected chi connectivity index (χ2v) is 9.74. The van der Waals surface area contributed by atoms with Crippen molar-refractivity contribution in [2.75, 3.05) is 4.90 Å². The SMILES string of the molecule is N#Cc1ccc(-c2ccc(N(c3ccc(-c4ccncc4)cc3)c3ccc(-c4nc5ccccc5o4)cc3)cn2)cc1. The van der Waals surface area contributed by atoms with Gasteiger partial charge in [-0.2, -0.15) is 5.26 Å². The van der Waals surface area contributed by atoms with E-state index in [0.717, 1.165) is 56.1 Å². The van der Waals surface area contributed by atoms with E-state index >= 15 is 0 Å². The second kappa shape index (κ2) is 10.8. The molecule has 0 saturated carbocycles. The van der Waals surface area contributed by atoms with E-state index in [0.29, 0.717) is 11.5 Å². The van der Waals surface area contributed by atoms with Gasteiger partial charge in [-0.3, -0.25) is 9.97 Å². The van der Waals surface area contributed by atoms with Gasteiger partial charge in [-0.25, -0.2) is 4.98 Å². The van der Waals surface area contributed by atoms with Crippen molar-refractivity contribution < 1.29 is 4.42 Å². The lowest BCUT2D eigenvalue weighted by Crippen LogP contribution is -2.10. The number of anilines is 3. The van der Waals surface area contributed by atoms with Gasteiger partial charge in [0, 0.05) is 34.9 Å². The van der Waals surface area contributed by atoms with Gasteiger partial charge < -0.3 is 9.32 Å². The topological polar surface area (TPSA) is 78.8 Å². The first-order valence-electron chi connectivity index (χ1n) is 13.5. The van der Waals surface area contributed by atoms with Crippen molar-refractivity contribution in [2.24, 2.45) is 0 Å². The molecule has 0 atom stereocenters. The van der Waals surface area contributed by atoms with Crippen LogP contribution in [-0.4, -0.2) is 15.0 Å². The summed E-state index contributed by atoms with van der Waals surface area (Å²) in [5.41, 5.74) is 10.0. The molecule has 6 nitrogen and oxygen atoms in total. The summed E-state index contributed by atoms with van der Waals surface area (Å²) in [6.07, 6.45) is 5.48. The van der Waals surface area contributed by atoms with Crippen molar-refractivity contribution in [1.29, 1.82) is 5.26 Å². The number of para-hydroxylation sites is 2. The van der Waals surface area contributed by atoms with E-state index in [-0.39, 0.29) is 0 Å². The summed E-state index contributed by atoms with van der Waals surface area (Å²) in [6.45, 7) is 0. The van der Waals surface area contributed by atoms with Crippen LogP contribution in [0.4, 0.5) is 17.1 Å². The molecule has 4 aromatic carbocycles. The Bertz CT molecular complexity index is 1980. The van der Waals surface area contributed by atoms with Gasteiger partial charge >= 0.3 is 0 Å². The fourth-order valence-electron chi connectivity index (χ4n) is 4.95. The van der Waals surface area contributed by atoms with Crippen LogP contribution in [-0.2, 0) is 0 Å². The zero-order valence-corrected chi connectivity index (χ0v) is 22.4. The number of benzene rings is 4. The molecular weight excluding hydrogens is 518 g/mol. The molecule has 0 N–H and O–H groups in total. The Morgan fingerprint density at radius 3 is 1.86 bits per heavy atom. The molecule has 3 aromatic heterocycles. The lowest BCUT2D eigenvalue weighted by molar-refractivity contribution is 0.620. The summed E-state index contributed by atoms with van der Waals surface area (Å²) in [6, 6.07) is 42.1. The van der Waals surface area contributed by atoms with Crippen molar-refractivity contribution in [3.63, 3.8) is 0 Å². The van der Waals surface area contributed by atoms with Crippen LogP contribution in [0.3, 0.4) is 0 Å². The maximum Gasteiger partial charge on any atom is 0.227 e. The number of aromatic nitrogens is 3. The highest BCUT2D eigenvalue weighted by atomic mass is 16.3. The van der Waals surface area contributed by atoms with Gasteiger partial charge in [0.25, 0.3) is 0 Å². The predicted molar refractivity (Wildman–Crippen MR) is 165 cm³/mol. The number of nitriles is 1. The van der Waals surface area contributed by atoms with Crippen LogP contribution in [0.25, 0.3) is 44.9 Å². The van der Waals surface area contributed by atoms with Crippen molar-refractivity contribution in [3.8, 4) is 39.9 Å². The van der Waals surface area contributed by atoms with Gasteiger partial charge in [0.1, 0.15) is 5.52 Å². The average Bonchev–Trinajstić information content (AvgIpc) is 3.51. The molecule has 3 heterocycles. The maximum absolute atomic E-state index is 9.13. The highest BCUT2D eigenvalue weighted by molar-refractivity contribution is 5.80. The quantitative estimate of drug-likeness (QED) is 0.209. The molecule has 0 fully saturated rings. The fourth-order valence-corrected chi connectivity index (χ4v) is 4.95. The number of nitrogens with zero attached hydrogens (tertiary/aromatic N) is 5. The van der Waals surface area contributed by atoms with E-state index in [1.54, 1.807) is 24.5 Å². The van der Waals surface area contributed by atoms with Crippen molar-refractivity contribution in [3.05, 3.63) is 145 Å². The first-order valence-corrected chi connectivity index (χ1v) is 13.5. The molecule has 0 aliphatic heterocycles. The zero-order valence-electron chi connectivity index (χ0n) is 22.4. The molecular formula is C36H23N5O. The minimum atomic E-state index is 0.587. The molecule has 0 bridgehead atoms. The summed E-state index contributed by atoms with van der Waals surface area (Å²) < 4.78 is 5.99. The van der Waals surface area contributed by atoms with Gasteiger partial charge in [0.15, 0.2) is 5.58 Å². The smallest absolute Gasteiger partial charge is 0.227 e. The minimum absolute atomic E-state index is 0.587. The number of oxazole rings is 1. The summed E-state index contributed by atoms with van der Waals surface area (Å²) in [5, 5.41) is 9.13. The number of hydrogen-bond acceptors (Lipinski definition) is 6. The van der Waals surface area contributed by atoms with Crippen LogP contribution >= 0.6 is 0 Å². The summed E-state index contributed by atoms with van der Waals surface area (Å²) in [5.74, 6) is 0.587. The Morgan fingerprint density at radius 2 is 1.21 bits per heavy atom. The fraction of sp³-hybridized carbons (Fsp3) is 0. The largest absolute Gasteiger partial charge is 0.436 e.